The molecule has 6 nitrogen and oxygen atoms in total. The van der Waals surface area contributed by atoms with Crippen molar-refractivity contribution in [1.29, 1.82) is 0 Å². The second-order valence-electron chi connectivity index (χ2n) is 4.99. The van der Waals surface area contributed by atoms with Crippen LogP contribution in [-0.2, 0) is 9.53 Å². The second-order valence-corrected chi connectivity index (χ2v) is 4.99. The predicted molar refractivity (Wildman–Crippen MR) is 76.8 cm³/mol. The summed E-state index contributed by atoms with van der Waals surface area (Å²) in [5.74, 6) is -1.37. The average molecular weight is 299 g/mol. The highest BCUT2D eigenvalue weighted by atomic mass is 16.5. The van der Waals surface area contributed by atoms with Crippen LogP contribution in [0.1, 0.15) is 39.3 Å². The Balaban J connectivity index is 1.69. The SMILES string of the molecule is C[C@H]1C(=O)Nc2ccc(C(=O)COC(=O)c3ccco3)cc21. The summed E-state index contributed by atoms with van der Waals surface area (Å²) in [6.07, 6.45) is 1.35. The Morgan fingerprint density at radius 2 is 2.14 bits per heavy atom. The van der Waals surface area contributed by atoms with Crippen LogP contribution in [0.4, 0.5) is 5.69 Å². The van der Waals surface area contributed by atoms with Crippen molar-refractivity contribution in [3.05, 3.63) is 53.5 Å². The van der Waals surface area contributed by atoms with E-state index in [1.807, 2.05) is 0 Å². The van der Waals surface area contributed by atoms with Gasteiger partial charge in [0.15, 0.2) is 12.4 Å². The van der Waals surface area contributed by atoms with E-state index in [0.29, 0.717) is 11.3 Å². The van der Waals surface area contributed by atoms with Gasteiger partial charge in [0.1, 0.15) is 0 Å². The number of fused-ring (bicyclic) bond motifs is 1. The van der Waals surface area contributed by atoms with Crippen LogP contribution >= 0.6 is 0 Å². The van der Waals surface area contributed by atoms with Crippen molar-refractivity contribution >= 4 is 23.3 Å². The summed E-state index contributed by atoms with van der Waals surface area (Å²) in [5, 5.41) is 2.73. The number of ether oxygens (including phenoxy) is 1. The Morgan fingerprint density at radius 3 is 2.86 bits per heavy atom. The Bertz CT molecular complexity index is 748. The number of furan rings is 1. The molecular weight excluding hydrogens is 286 g/mol. The molecule has 1 amide bonds. The third-order valence-corrected chi connectivity index (χ3v) is 3.55. The molecular formula is C16H13NO5. The largest absolute Gasteiger partial charge is 0.457 e. The van der Waals surface area contributed by atoms with E-state index in [0.717, 1.165) is 5.56 Å². The van der Waals surface area contributed by atoms with Gasteiger partial charge in [-0.15, -0.1) is 0 Å². The fraction of sp³-hybridized carbons (Fsp3) is 0.188. The molecule has 1 aliphatic rings. The zero-order chi connectivity index (χ0) is 15.7. The summed E-state index contributed by atoms with van der Waals surface area (Å²) in [5.41, 5.74) is 1.88. The van der Waals surface area contributed by atoms with Crippen LogP contribution in [0.2, 0.25) is 0 Å². The molecule has 1 N–H and O–H groups in total. The maximum atomic E-state index is 12.1. The molecule has 0 spiro atoms. The lowest BCUT2D eigenvalue weighted by atomic mass is 9.99. The van der Waals surface area contributed by atoms with Gasteiger partial charge in [-0.1, -0.05) is 0 Å². The number of amides is 1. The van der Waals surface area contributed by atoms with Gasteiger partial charge in [0.05, 0.1) is 12.2 Å². The number of hydrogen-bond acceptors (Lipinski definition) is 5. The van der Waals surface area contributed by atoms with E-state index >= 15 is 0 Å². The standard InChI is InChI=1S/C16H13NO5/c1-9-11-7-10(4-5-12(11)17-15(9)19)13(18)8-22-16(20)14-3-2-6-21-14/h2-7,9H,8H2,1H3,(H,17,19)/t9-/m1/s1. The van der Waals surface area contributed by atoms with Gasteiger partial charge >= 0.3 is 5.97 Å². The molecule has 0 fully saturated rings. The molecule has 22 heavy (non-hydrogen) atoms. The molecule has 2 heterocycles. The Hall–Kier alpha value is -2.89. The summed E-state index contributed by atoms with van der Waals surface area (Å²) in [4.78, 5) is 35.3. The van der Waals surface area contributed by atoms with Crippen molar-refractivity contribution in [1.82, 2.24) is 0 Å². The summed E-state index contributed by atoms with van der Waals surface area (Å²) >= 11 is 0. The molecule has 3 rings (SSSR count). The predicted octanol–water partition coefficient (Wildman–Crippen LogP) is 2.37. The topological polar surface area (TPSA) is 85.6 Å². The van der Waals surface area contributed by atoms with E-state index in [1.54, 1.807) is 31.2 Å². The van der Waals surface area contributed by atoms with E-state index in [2.05, 4.69) is 5.32 Å². The number of hydrogen-bond donors (Lipinski definition) is 1. The Morgan fingerprint density at radius 1 is 1.32 bits per heavy atom. The smallest absolute Gasteiger partial charge is 0.374 e. The second kappa shape index (κ2) is 5.48. The number of carbonyl (C=O) groups excluding carboxylic acids is 3. The minimum Gasteiger partial charge on any atom is -0.457 e. The molecule has 0 saturated heterocycles. The summed E-state index contributed by atoms with van der Waals surface area (Å²) in [6.45, 7) is 1.39. The number of ketones is 1. The van der Waals surface area contributed by atoms with Crippen molar-refractivity contribution < 1.29 is 23.5 Å². The van der Waals surface area contributed by atoms with E-state index in [4.69, 9.17) is 9.15 Å². The van der Waals surface area contributed by atoms with Crippen molar-refractivity contribution in [2.45, 2.75) is 12.8 Å². The van der Waals surface area contributed by atoms with Crippen LogP contribution in [0.25, 0.3) is 0 Å². The maximum Gasteiger partial charge on any atom is 0.374 e. The quantitative estimate of drug-likeness (QED) is 0.692. The number of Topliss-reactive ketones (excluding diaryl/α,β-unsaturated/α-hetero) is 1. The molecule has 1 aromatic heterocycles. The summed E-state index contributed by atoms with van der Waals surface area (Å²) < 4.78 is 9.79. The van der Waals surface area contributed by atoms with Gasteiger partial charge in [-0.25, -0.2) is 4.79 Å². The van der Waals surface area contributed by atoms with Gasteiger partial charge in [0.2, 0.25) is 11.7 Å². The van der Waals surface area contributed by atoms with E-state index < -0.39 is 5.97 Å². The van der Waals surface area contributed by atoms with Gasteiger partial charge in [0.25, 0.3) is 0 Å². The highest BCUT2D eigenvalue weighted by molar-refractivity contribution is 6.05. The number of nitrogens with one attached hydrogen (secondary N) is 1. The summed E-state index contributed by atoms with van der Waals surface area (Å²) in [6, 6.07) is 7.95. The van der Waals surface area contributed by atoms with E-state index in [1.165, 1.54) is 12.3 Å². The zero-order valence-corrected chi connectivity index (χ0v) is 11.8. The zero-order valence-electron chi connectivity index (χ0n) is 11.8. The fourth-order valence-corrected chi connectivity index (χ4v) is 2.27. The van der Waals surface area contributed by atoms with Gasteiger partial charge in [-0.3, -0.25) is 9.59 Å². The maximum absolute atomic E-state index is 12.1. The van der Waals surface area contributed by atoms with Gasteiger partial charge < -0.3 is 14.5 Å². The highest BCUT2D eigenvalue weighted by Crippen LogP contribution is 2.32. The normalized spacial score (nSPS) is 16.0. The molecule has 2 aromatic rings. The summed E-state index contributed by atoms with van der Waals surface area (Å²) in [7, 11) is 0. The molecule has 6 heteroatoms. The molecule has 112 valence electrons. The molecule has 0 unspecified atom stereocenters. The first-order valence-electron chi connectivity index (χ1n) is 6.75. The average Bonchev–Trinajstić information content (AvgIpc) is 3.14. The molecule has 0 bridgehead atoms. The van der Waals surface area contributed by atoms with Crippen molar-refractivity contribution in [3.8, 4) is 0 Å². The van der Waals surface area contributed by atoms with Crippen molar-refractivity contribution in [2.75, 3.05) is 11.9 Å². The molecule has 0 radical (unpaired) electrons. The third-order valence-electron chi connectivity index (χ3n) is 3.55. The minimum absolute atomic E-state index is 0.0465. The first-order valence-corrected chi connectivity index (χ1v) is 6.75. The fourth-order valence-electron chi connectivity index (χ4n) is 2.27. The molecule has 0 aliphatic carbocycles. The van der Waals surface area contributed by atoms with Crippen LogP contribution in [0.15, 0.2) is 41.0 Å². The monoisotopic (exact) mass is 299 g/mol. The van der Waals surface area contributed by atoms with E-state index in [9.17, 15) is 14.4 Å². The first kappa shape index (κ1) is 14.1. The number of benzene rings is 1. The van der Waals surface area contributed by atoms with Gasteiger partial charge in [-0.2, -0.15) is 0 Å². The Labute approximate surface area is 126 Å². The number of rotatable bonds is 4. The Kier molecular flexibility index (Phi) is 3.50. The first-order chi connectivity index (χ1) is 10.6. The molecule has 1 atom stereocenters. The van der Waals surface area contributed by atoms with Gasteiger partial charge in [0, 0.05) is 11.3 Å². The minimum atomic E-state index is -0.690. The number of carbonyl (C=O) groups is 3. The molecule has 1 aliphatic heterocycles. The van der Waals surface area contributed by atoms with Gasteiger partial charge in [-0.05, 0) is 42.8 Å². The molecule has 1 aromatic carbocycles. The van der Waals surface area contributed by atoms with Crippen molar-refractivity contribution in [2.24, 2.45) is 0 Å². The lowest BCUT2D eigenvalue weighted by molar-refractivity contribution is -0.116. The van der Waals surface area contributed by atoms with Crippen molar-refractivity contribution in [3.63, 3.8) is 0 Å². The lowest BCUT2D eigenvalue weighted by Crippen LogP contribution is -2.14. The van der Waals surface area contributed by atoms with Crippen LogP contribution in [0, 0.1) is 0 Å². The lowest BCUT2D eigenvalue weighted by Gasteiger charge is -2.06. The third kappa shape index (κ3) is 2.50. The highest BCUT2D eigenvalue weighted by Gasteiger charge is 2.27. The molecule has 0 saturated carbocycles. The number of esters is 1. The van der Waals surface area contributed by atoms with Crippen LogP contribution in [0.3, 0.4) is 0 Å². The van der Waals surface area contributed by atoms with Crippen LogP contribution in [-0.4, -0.2) is 24.3 Å². The number of anilines is 1. The van der Waals surface area contributed by atoms with E-state index in [-0.39, 0.29) is 30.0 Å². The van der Waals surface area contributed by atoms with Crippen LogP contribution in [0.5, 0.6) is 0 Å². The van der Waals surface area contributed by atoms with Crippen LogP contribution < -0.4 is 5.32 Å².